The summed E-state index contributed by atoms with van der Waals surface area (Å²) in [6, 6.07) is 15.4. The van der Waals surface area contributed by atoms with Crippen molar-refractivity contribution in [1.82, 2.24) is 9.88 Å². The van der Waals surface area contributed by atoms with Crippen LogP contribution in [0.25, 0.3) is 10.9 Å². The number of ether oxygens (including phenoxy) is 1. The van der Waals surface area contributed by atoms with Gasteiger partial charge in [0.25, 0.3) is 5.91 Å². The van der Waals surface area contributed by atoms with Crippen molar-refractivity contribution in [1.29, 1.82) is 0 Å². The number of benzene rings is 2. The van der Waals surface area contributed by atoms with Gasteiger partial charge in [0.1, 0.15) is 5.75 Å². The smallest absolute Gasteiger partial charge is 0.262 e. The highest BCUT2D eigenvalue weighted by Crippen LogP contribution is 2.32. The van der Waals surface area contributed by atoms with E-state index >= 15 is 0 Å². The third-order valence-electron chi connectivity index (χ3n) is 4.45. The molecule has 1 aliphatic rings. The molecule has 24 heavy (non-hydrogen) atoms. The molecule has 2 heterocycles. The van der Waals surface area contributed by atoms with Gasteiger partial charge in [-0.25, -0.2) is 0 Å². The summed E-state index contributed by atoms with van der Waals surface area (Å²) in [5, 5.41) is 4.49. The van der Waals surface area contributed by atoms with Gasteiger partial charge in [0.05, 0.1) is 12.6 Å². The Bertz CT molecular complexity index is 887. The Morgan fingerprint density at radius 2 is 1.96 bits per heavy atom. The molecule has 0 radical (unpaired) electrons. The Labute approximate surface area is 146 Å². The summed E-state index contributed by atoms with van der Waals surface area (Å²) in [6.07, 6.45) is 0.852. The van der Waals surface area contributed by atoms with E-state index in [4.69, 9.17) is 4.74 Å². The number of carbonyl (C=O) groups excluding carboxylic acids is 1. The summed E-state index contributed by atoms with van der Waals surface area (Å²) >= 11 is 0. The van der Waals surface area contributed by atoms with Crippen LogP contribution >= 0.6 is 12.4 Å². The molecule has 0 saturated carbocycles. The van der Waals surface area contributed by atoms with Gasteiger partial charge in [0.2, 0.25) is 0 Å². The lowest BCUT2D eigenvalue weighted by molar-refractivity contribution is 0.0961. The lowest BCUT2D eigenvalue weighted by Gasteiger charge is -2.16. The number of nitrogens with zero attached hydrogens (tertiary/aromatic N) is 1. The normalized spacial score (nSPS) is 13.2. The van der Waals surface area contributed by atoms with Crippen molar-refractivity contribution < 1.29 is 9.53 Å². The summed E-state index contributed by atoms with van der Waals surface area (Å²) in [5.74, 6) is 0.846. The van der Waals surface area contributed by atoms with Crippen molar-refractivity contribution in [2.45, 2.75) is 13.0 Å². The second kappa shape index (κ2) is 6.67. The molecule has 5 heteroatoms. The van der Waals surface area contributed by atoms with Crippen LogP contribution in [0.1, 0.15) is 21.6 Å². The topological polar surface area (TPSA) is 43.3 Å². The highest BCUT2D eigenvalue weighted by Gasteiger charge is 2.24. The molecule has 0 aliphatic carbocycles. The average Bonchev–Trinajstić information content (AvgIpc) is 2.95. The van der Waals surface area contributed by atoms with E-state index in [-0.39, 0.29) is 18.3 Å². The predicted molar refractivity (Wildman–Crippen MR) is 97.3 cm³/mol. The maximum Gasteiger partial charge on any atom is 0.262 e. The number of rotatable bonds is 2. The summed E-state index contributed by atoms with van der Waals surface area (Å²) in [7, 11) is 1.66. The second-order valence-electron chi connectivity index (χ2n) is 5.74. The first-order valence-electron chi connectivity index (χ1n) is 7.80. The fraction of sp³-hybridized carbons (Fsp3) is 0.211. The lowest BCUT2D eigenvalue weighted by Crippen LogP contribution is -2.26. The first kappa shape index (κ1) is 16.6. The van der Waals surface area contributed by atoms with Crippen LogP contribution in [0.3, 0.4) is 0 Å². The lowest BCUT2D eigenvalue weighted by atomic mass is 10.1. The minimum Gasteiger partial charge on any atom is -0.497 e. The van der Waals surface area contributed by atoms with Gasteiger partial charge in [-0.1, -0.05) is 18.2 Å². The number of halogens is 1. The summed E-state index contributed by atoms with van der Waals surface area (Å²) < 4.78 is 7.23. The van der Waals surface area contributed by atoms with Crippen molar-refractivity contribution in [3.63, 3.8) is 0 Å². The Kier molecular flexibility index (Phi) is 4.60. The Morgan fingerprint density at radius 1 is 1.17 bits per heavy atom. The molecule has 0 spiro atoms. The van der Waals surface area contributed by atoms with E-state index in [0.717, 1.165) is 41.9 Å². The van der Waals surface area contributed by atoms with Crippen LogP contribution < -0.4 is 10.1 Å². The average molecular weight is 343 g/mol. The zero-order chi connectivity index (χ0) is 15.8. The highest BCUT2D eigenvalue weighted by atomic mass is 35.5. The van der Waals surface area contributed by atoms with Gasteiger partial charge >= 0.3 is 0 Å². The highest BCUT2D eigenvalue weighted by molar-refractivity contribution is 6.04. The number of hydrogen-bond acceptors (Lipinski definition) is 3. The van der Waals surface area contributed by atoms with Crippen molar-refractivity contribution in [2.24, 2.45) is 0 Å². The van der Waals surface area contributed by atoms with Gasteiger partial charge < -0.3 is 10.1 Å². The Hall–Kier alpha value is -2.30. The van der Waals surface area contributed by atoms with Gasteiger partial charge in [-0.3, -0.25) is 9.36 Å². The monoisotopic (exact) mass is 342 g/mol. The Balaban J connectivity index is 0.00000169. The number of methoxy groups -OCH3 is 1. The van der Waals surface area contributed by atoms with Gasteiger partial charge in [-0.15, -0.1) is 12.4 Å². The molecule has 0 fully saturated rings. The zero-order valence-electron chi connectivity index (χ0n) is 13.4. The number of aromatic nitrogens is 1. The van der Waals surface area contributed by atoms with Gasteiger partial charge in [-0.2, -0.15) is 0 Å². The van der Waals surface area contributed by atoms with E-state index < -0.39 is 0 Å². The largest absolute Gasteiger partial charge is 0.497 e. The van der Waals surface area contributed by atoms with Gasteiger partial charge in [0, 0.05) is 36.2 Å². The summed E-state index contributed by atoms with van der Waals surface area (Å²) in [5.41, 5.74) is 3.98. The summed E-state index contributed by atoms with van der Waals surface area (Å²) in [4.78, 5) is 13.1. The molecule has 0 unspecified atom stereocenters. The van der Waals surface area contributed by atoms with Gasteiger partial charge in [0.15, 0.2) is 0 Å². The molecule has 0 amide bonds. The molecular formula is C19H19ClN2O2. The fourth-order valence-electron chi connectivity index (χ4n) is 3.34. The van der Waals surface area contributed by atoms with Crippen LogP contribution in [0.5, 0.6) is 5.75 Å². The van der Waals surface area contributed by atoms with Crippen LogP contribution in [0.2, 0.25) is 0 Å². The van der Waals surface area contributed by atoms with Crippen molar-refractivity contribution >= 4 is 29.2 Å². The van der Waals surface area contributed by atoms with E-state index in [9.17, 15) is 4.79 Å². The van der Waals surface area contributed by atoms with E-state index in [0.29, 0.717) is 5.56 Å². The zero-order valence-corrected chi connectivity index (χ0v) is 14.2. The second-order valence-corrected chi connectivity index (χ2v) is 5.74. The van der Waals surface area contributed by atoms with Crippen LogP contribution in [-0.4, -0.2) is 24.1 Å². The molecule has 4 rings (SSSR count). The van der Waals surface area contributed by atoms with Crippen molar-refractivity contribution in [3.8, 4) is 5.75 Å². The SMILES string of the molecule is COc1ccc2c(c1)c1c(n2C(=O)c2ccccc2)CCNC1.Cl. The number of hydrogen-bond donors (Lipinski definition) is 1. The number of carbonyl (C=O) groups is 1. The van der Waals surface area contributed by atoms with E-state index in [1.165, 1.54) is 5.56 Å². The molecule has 4 nitrogen and oxygen atoms in total. The summed E-state index contributed by atoms with van der Waals surface area (Å²) in [6.45, 7) is 1.68. The molecule has 3 aromatic rings. The molecule has 0 atom stereocenters. The first-order chi connectivity index (χ1) is 11.3. The van der Waals surface area contributed by atoms with Crippen molar-refractivity contribution in [2.75, 3.05) is 13.7 Å². The number of fused-ring (bicyclic) bond motifs is 3. The molecule has 0 bridgehead atoms. The predicted octanol–water partition coefficient (Wildman–Crippen LogP) is 3.41. The standard InChI is InChI=1S/C19H18N2O2.ClH/c1-23-14-7-8-17-15(11-14)16-12-20-10-9-18(16)21(17)19(22)13-5-3-2-4-6-13;/h2-8,11,20H,9-10,12H2,1H3;1H. The molecule has 1 N–H and O–H groups in total. The molecule has 124 valence electrons. The first-order valence-corrected chi connectivity index (χ1v) is 7.80. The minimum absolute atomic E-state index is 0. The number of nitrogens with one attached hydrogen (secondary N) is 1. The van der Waals surface area contributed by atoms with E-state index in [1.807, 2.05) is 53.1 Å². The quantitative estimate of drug-likeness (QED) is 0.776. The fourth-order valence-corrected chi connectivity index (χ4v) is 3.34. The van der Waals surface area contributed by atoms with E-state index in [1.54, 1.807) is 7.11 Å². The van der Waals surface area contributed by atoms with Crippen molar-refractivity contribution in [3.05, 3.63) is 65.4 Å². The molecule has 2 aromatic carbocycles. The third kappa shape index (κ3) is 2.58. The van der Waals surface area contributed by atoms with E-state index in [2.05, 4.69) is 5.32 Å². The molecular weight excluding hydrogens is 324 g/mol. The Morgan fingerprint density at radius 3 is 2.71 bits per heavy atom. The third-order valence-corrected chi connectivity index (χ3v) is 4.45. The maximum absolute atomic E-state index is 13.1. The maximum atomic E-state index is 13.1. The molecule has 1 aromatic heterocycles. The van der Waals surface area contributed by atoms with Gasteiger partial charge in [-0.05, 0) is 35.9 Å². The van der Waals surface area contributed by atoms with Crippen LogP contribution in [0.15, 0.2) is 48.5 Å². The van der Waals surface area contributed by atoms with Crippen LogP contribution in [-0.2, 0) is 13.0 Å². The van der Waals surface area contributed by atoms with Crippen LogP contribution in [0, 0.1) is 0 Å². The molecule has 0 saturated heterocycles. The molecule has 1 aliphatic heterocycles. The van der Waals surface area contributed by atoms with Crippen LogP contribution in [0.4, 0.5) is 0 Å². The minimum atomic E-state index is 0.